The molecule has 116 valence electrons. The van der Waals surface area contributed by atoms with Gasteiger partial charge >= 0.3 is 0 Å². The second-order valence-corrected chi connectivity index (χ2v) is 5.33. The van der Waals surface area contributed by atoms with Crippen molar-refractivity contribution in [1.29, 1.82) is 0 Å². The van der Waals surface area contributed by atoms with E-state index in [2.05, 4.69) is 5.32 Å². The predicted molar refractivity (Wildman–Crippen MR) is 89.4 cm³/mol. The summed E-state index contributed by atoms with van der Waals surface area (Å²) in [5.74, 6) is 0.00459. The van der Waals surface area contributed by atoms with Gasteiger partial charge in [-0.25, -0.2) is 0 Å². The summed E-state index contributed by atoms with van der Waals surface area (Å²) in [6.45, 7) is 0.372. The Morgan fingerprint density at radius 1 is 1.09 bits per heavy atom. The lowest BCUT2D eigenvalue weighted by atomic mass is 9.97. The Hall–Kier alpha value is -2.17. The van der Waals surface area contributed by atoms with Crippen LogP contribution in [0.4, 0.5) is 5.69 Å². The van der Waals surface area contributed by atoms with Crippen LogP contribution >= 0.6 is 0 Å². The van der Waals surface area contributed by atoms with Crippen molar-refractivity contribution >= 4 is 11.5 Å². The number of Topliss-reactive ketones (excluding diaryl/α,β-unsaturated/α-hetero) is 1. The topological polar surface area (TPSA) is 52.6 Å². The molecule has 4 heteroatoms. The quantitative estimate of drug-likeness (QED) is 0.770. The average molecular weight is 298 g/mol. The molecule has 0 aromatic heterocycles. The third kappa shape index (κ3) is 3.93. The third-order valence-electron chi connectivity index (χ3n) is 3.52. The number of aliphatic hydroxyl groups is 1. The molecular weight excluding hydrogens is 276 g/mol. The standard InChI is InChI=1S/C18H22N2O2/c1-20(2)16-10-8-15(9-11-16)18(22)17(19-12-13-21)14-6-4-3-5-7-14/h3-11,17,19,21H,12-13H2,1-2H3. The number of anilines is 1. The molecule has 0 heterocycles. The van der Waals surface area contributed by atoms with Crippen molar-refractivity contribution in [1.82, 2.24) is 5.32 Å². The first-order valence-corrected chi connectivity index (χ1v) is 7.34. The van der Waals surface area contributed by atoms with Gasteiger partial charge in [0.15, 0.2) is 5.78 Å². The molecule has 0 saturated heterocycles. The Morgan fingerprint density at radius 3 is 2.27 bits per heavy atom. The molecule has 2 aromatic carbocycles. The Labute approximate surface area is 131 Å². The van der Waals surface area contributed by atoms with E-state index in [9.17, 15) is 4.79 Å². The molecule has 0 fully saturated rings. The van der Waals surface area contributed by atoms with Gasteiger partial charge in [0.05, 0.1) is 12.6 Å². The molecule has 0 amide bonds. The van der Waals surface area contributed by atoms with Gasteiger partial charge in [0.25, 0.3) is 0 Å². The second-order valence-electron chi connectivity index (χ2n) is 5.33. The van der Waals surface area contributed by atoms with Crippen LogP contribution in [0.3, 0.4) is 0 Å². The molecule has 22 heavy (non-hydrogen) atoms. The lowest BCUT2D eigenvalue weighted by molar-refractivity contribution is 0.0940. The molecule has 0 aliphatic rings. The number of ketones is 1. The summed E-state index contributed by atoms with van der Waals surface area (Å²) in [6, 6.07) is 16.7. The molecule has 0 spiro atoms. The van der Waals surface area contributed by atoms with Crippen molar-refractivity contribution in [2.75, 3.05) is 32.1 Å². The summed E-state index contributed by atoms with van der Waals surface area (Å²) in [6.07, 6.45) is 0. The number of benzene rings is 2. The van der Waals surface area contributed by atoms with Crippen LogP contribution in [0.15, 0.2) is 54.6 Å². The van der Waals surface area contributed by atoms with E-state index in [1.54, 1.807) is 0 Å². The summed E-state index contributed by atoms with van der Waals surface area (Å²) in [5.41, 5.74) is 2.61. The Morgan fingerprint density at radius 2 is 1.73 bits per heavy atom. The summed E-state index contributed by atoms with van der Waals surface area (Å²) < 4.78 is 0. The van der Waals surface area contributed by atoms with Gasteiger partial charge in [-0.2, -0.15) is 0 Å². The summed E-state index contributed by atoms with van der Waals surface area (Å²) in [4.78, 5) is 14.8. The first-order chi connectivity index (χ1) is 10.6. The van der Waals surface area contributed by atoms with E-state index in [-0.39, 0.29) is 12.4 Å². The van der Waals surface area contributed by atoms with E-state index < -0.39 is 6.04 Å². The van der Waals surface area contributed by atoms with Crippen LogP contribution < -0.4 is 10.2 Å². The molecule has 2 aromatic rings. The van der Waals surface area contributed by atoms with Crippen molar-refractivity contribution in [3.05, 3.63) is 65.7 Å². The van der Waals surface area contributed by atoms with Crippen molar-refractivity contribution in [2.24, 2.45) is 0 Å². The van der Waals surface area contributed by atoms with E-state index >= 15 is 0 Å². The highest BCUT2D eigenvalue weighted by atomic mass is 16.3. The van der Waals surface area contributed by atoms with Gasteiger partial charge in [-0.1, -0.05) is 30.3 Å². The van der Waals surface area contributed by atoms with E-state index in [0.717, 1.165) is 11.3 Å². The molecular formula is C18H22N2O2. The first-order valence-electron chi connectivity index (χ1n) is 7.34. The summed E-state index contributed by atoms with van der Waals surface area (Å²) >= 11 is 0. The lowest BCUT2D eigenvalue weighted by Gasteiger charge is -2.18. The zero-order valence-electron chi connectivity index (χ0n) is 13.0. The highest BCUT2D eigenvalue weighted by Gasteiger charge is 2.21. The minimum atomic E-state index is -0.446. The number of carbonyl (C=O) groups is 1. The number of carbonyl (C=O) groups excluding carboxylic acids is 1. The van der Waals surface area contributed by atoms with Crippen LogP contribution in [-0.2, 0) is 0 Å². The second kappa shape index (κ2) is 7.73. The minimum absolute atomic E-state index is 0.00379. The number of nitrogens with one attached hydrogen (secondary N) is 1. The first kappa shape index (κ1) is 16.2. The van der Waals surface area contributed by atoms with Gasteiger partial charge in [0, 0.05) is 31.9 Å². The zero-order valence-corrected chi connectivity index (χ0v) is 13.0. The van der Waals surface area contributed by atoms with E-state index in [4.69, 9.17) is 5.11 Å². The largest absolute Gasteiger partial charge is 0.395 e. The summed E-state index contributed by atoms with van der Waals surface area (Å²) in [7, 11) is 3.93. The molecule has 0 aliphatic carbocycles. The highest BCUT2D eigenvalue weighted by molar-refractivity contribution is 6.00. The van der Waals surface area contributed by atoms with E-state index in [1.807, 2.05) is 73.6 Å². The number of rotatable bonds is 7. The van der Waals surface area contributed by atoms with Gasteiger partial charge in [0.2, 0.25) is 0 Å². The maximum absolute atomic E-state index is 12.8. The van der Waals surface area contributed by atoms with Crippen molar-refractivity contribution in [3.8, 4) is 0 Å². The van der Waals surface area contributed by atoms with Crippen LogP contribution in [0.5, 0.6) is 0 Å². The van der Waals surface area contributed by atoms with Crippen LogP contribution in [0.1, 0.15) is 22.0 Å². The van der Waals surface area contributed by atoms with Gasteiger partial charge in [-0.05, 0) is 29.8 Å². The van der Waals surface area contributed by atoms with E-state index in [1.165, 1.54) is 0 Å². The van der Waals surface area contributed by atoms with Crippen LogP contribution in [-0.4, -0.2) is 38.1 Å². The van der Waals surface area contributed by atoms with Crippen LogP contribution in [0.25, 0.3) is 0 Å². The molecule has 2 N–H and O–H groups in total. The van der Waals surface area contributed by atoms with E-state index in [0.29, 0.717) is 12.1 Å². The monoisotopic (exact) mass is 298 g/mol. The lowest BCUT2D eigenvalue weighted by Crippen LogP contribution is -2.31. The predicted octanol–water partition coefficient (Wildman–Crippen LogP) is 2.26. The normalized spacial score (nSPS) is 12.0. The molecule has 1 atom stereocenters. The number of hydrogen-bond donors (Lipinski definition) is 2. The fourth-order valence-corrected chi connectivity index (χ4v) is 2.31. The summed E-state index contributed by atoms with van der Waals surface area (Å²) in [5, 5.41) is 12.1. The molecule has 1 unspecified atom stereocenters. The molecule has 0 radical (unpaired) electrons. The maximum Gasteiger partial charge on any atom is 0.184 e. The smallest absolute Gasteiger partial charge is 0.184 e. The molecule has 2 rings (SSSR count). The molecule has 0 aliphatic heterocycles. The molecule has 4 nitrogen and oxygen atoms in total. The average Bonchev–Trinajstić information content (AvgIpc) is 2.56. The Bertz CT molecular complexity index is 594. The minimum Gasteiger partial charge on any atom is -0.395 e. The van der Waals surface area contributed by atoms with Crippen molar-refractivity contribution < 1.29 is 9.90 Å². The maximum atomic E-state index is 12.8. The highest BCUT2D eigenvalue weighted by Crippen LogP contribution is 2.20. The zero-order chi connectivity index (χ0) is 15.9. The van der Waals surface area contributed by atoms with Gasteiger partial charge < -0.3 is 15.3 Å². The van der Waals surface area contributed by atoms with Crippen LogP contribution in [0, 0.1) is 0 Å². The number of aliphatic hydroxyl groups excluding tert-OH is 1. The van der Waals surface area contributed by atoms with Crippen molar-refractivity contribution in [2.45, 2.75) is 6.04 Å². The number of hydrogen-bond acceptors (Lipinski definition) is 4. The molecule has 0 bridgehead atoms. The SMILES string of the molecule is CN(C)c1ccc(C(=O)C(NCCO)c2ccccc2)cc1. The molecule has 0 saturated carbocycles. The van der Waals surface area contributed by atoms with Gasteiger partial charge in [-0.3, -0.25) is 4.79 Å². The Balaban J connectivity index is 2.25. The fourth-order valence-electron chi connectivity index (χ4n) is 2.31. The number of nitrogens with zero attached hydrogens (tertiary/aromatic N) is 1. The van der Waals surface area contributed by atoms with Gasteiger partial charge in [-0.15, -0.1) is 0 Å². The third-order valence-corrected chi connectivity index (χ3v) is 3.52. The van der Waals surface area contributed by atoms with Crippen molar-refractivity contribution in [3.63, 3.8) is 0 Å². The fraction of sp³-hybridized carbons (Fsp3) is 0.278. The Kier molecular flexibility index (Phi) is 5.69. The van der Waals surface area contributed by atoms with Crippen LogP contribution in [0.2, 0.25) is 0 Å². The van der Waals surface area contributed by atoms with Gasteiger partial charge in [0.1, 0.15) is 0 Å².